The zero-order chi connectivity index (χ0) is 13.1. The highest BCUT2D eigenvalue weighted by atomic mass is 35.5. The van der Waals surface area contributed by atoms with Gasteiger partial charge in [-0.05, 0) is 31.0 Å². The largest absolute Gasteiger partial charge is 0.496 e. The van der Waals surface area contributed by atoms with Gasteiger partial charge in [0.25, 0.3) is 0 Å². The van der Waals surface area contributed by atoms with Crippen molar-refractivity contribution in [1.82, 2.24) is 5.32 Å². The molecule has 1 amide bonds. The van der Waals surface area contributed by atoms with Crippen LogP contribution in [0, 0.1) is 5.92 Å². The van der Waals surface area contributed by atoms with Crippen LogP contribution >= 0.6 is 11.6 Å². The van der Waals surface area contributed by atoms with Crippen LogP contribution < -0.4 is 10.1 Å². The van der Waals surface area contributed by atoms with Gasteiger partial charge in [-0.3, -0.25) is 4.79 Å². The molecule has 1 aromatic rings. The fraction of sp³-hybridized carbons (Fsp3) is 0.462. The monoisotopic (exact) mass is 269 g/mol. The van der Waals surface area contributed by atoms with Gasteiger partial charge in [0.15, 0.2) is 0 Å². The predicted molar refractivity (Wildman–Crippen MR) is 68.7 cm³/mol. The maximum Gasteiger partial charge on any atom is 0.223 e. The second kappa shape index (κ2) is 5.59. The molecule has 1 aliphatic carbocycles. The molecule has 0 heterocycles. The highest BCUT2D eigenvalue weighted by Crippen LogP contribution is 2.30. The molecule has 0 aromatic heterocycles. The van der Waals surface area contributed by atoms with Gasteiger partial charge in [0.05, 0.1) is 13.2 Å². The topological polar surface area (TPSA) is 58.6 Å². The molecule has 0 spiro atoms. The van der Waals surface area contributed by atoms with Crippen molar-refractivity contribution in [3.63, 3.8) is 0 Å². The SMILES string of the molecule is COc1ccc(Cl)cc1C(O)CNC(=O)C1CC1. The van der Waals surface area contributed by atoms with Crippen molar-refractivity contribution in [2.24, 2.45) is 5.92 Å². The van der Waals surface area contributed by atoms with Crippen LogP contribution in [0.2, 0.25) is 5.02 Å². The number of carbonyl (C=O) groups is 1. The van der Waals surface area contributed by atoms with E-state index in [1.807, 2.05) is 0 Å². The maximum absolute atomic E-state index is 11.5. The van der Waals surface area contributed by atoms with E-state index < -0.39 is 6.10 Å². The number of rotatable bonds is 5. The van der Waals surface area contributed by atoms with Crippen molar-refractivity contribution in [1.29, 1.82) is 0 Å². The molecular formula is C13H16ClNO3. The summed E-state index contributed by atoms with van der Waals surface area (Å²) >= 11 is 5.89. The minimum atomic E-state index is -0.818. The Morgan fingerprint density at radius 3 is 2.94 bits per heavy atom. The standard InChI is InChI=1S/C13H16ClNO3/c1-18-12-5-4-9(14)6-10(12)11(16)7-15-13(17)8-2-3-8/h4-6,8,11,16H,2-3,7H2,1H3,(H,15,17). The normalized spacial score (nSPS) is 16.2. The zero-order valence-corrected chi connectivity index (χ0v) is 10.9. The first-order valence-electron chi connectivity index (χ1n) is 5.91. The average Bonchev–Trinajstić information content (AvgIpc) is 3.19. The Hall–Kier alpha value is -1.26. The van der Waals surface area contributed by atoms with E-state index in [9.17, 15) is 9.90 Å². The predicted octanol–water partition coefficient (Wildman–Crippen LogP) is 1.91. The number of aliphatic hydroxyl groups excluding tert-OH is 1. The van der Waals surface area contributed by atoms with E-state index in [0.29, 0.717) is 16.3 Å². The van der Waals surface area contributed by atoms with Gasteiger partial charge in [-0.15, -0.1) is 0 Å². The minimum Gasteiger partial charge on any atom is -0.496 e. The van der Waals surface area contributed by atoms with Crippen LogP contribution in [-0.4, -0.2) is 24.7 Å². The molecular weight excluding hydrogens is 254 g/mol. The molecule has 1 fully saturated rings. The van der Waals surface area contributed by atoms with E-state index in [1.165, 1.54) is 7.11 Å². The lowest BCUT2D eigenvalue weighted by Crippen LogP contribution is -2.29. The Labute approximate surface area is 111 Å². The highest BCUT2D eigenvalue weighted by molar-refractivity contribution is 6.30. The summed E-state index contributed by atoms with van der Waals surface area (Å²) < 4.78 is 5.16. The molecule has 98 valence electrons. The van der Waals surface area contributed by atoms with Gasteiger partial charge in [0, 0.05) is 23.0 Å². The number of ether oxygens (including phenoxy) is 1. The van der Waals surface area contributed by atoms with Crippen LogP contribution in [-0.2, 0) is 4.79 Å². The molecule has 1 aromatic carbocycles. The summed E-state index contributed by atoms with van der Waals surface area (Å²) in [4.78, 5) is 11.5. The molecule has 1 aliphatic rings. The summed E-state index contributed by atoms with van der Waals surface area (Å²) in [5.74, 6) is 0.709. The smallest absolute Gasteiger partial charge is 0.223 e. The quantitative estimate of drug-likeness (QED) is 0.858. The van der Waals surface area contributed by atoms with Gasteiger partial charge in [-0.2, -0.15) is 0 Å². The van der Waals surface area contributed by atoms with E-state index in [4.69, 9.17) is 16.3 Å². The lowest BCUT2D eigenvalue weighted by atomic mass is 10.1. The molecule has 18 heavy (non-hydrogen) atoms. The van der Waals surface area contributed by atoms with Crippen LogP contribution in [0.3, 0.4) is 0 Å². The van der Waals surface area contributed by atoms with Crippen LogP contribution in [0.4, 0.5) is 0 Å². The fourth-order valence-electron chi connectivity index (χ4n) is 1.76. The first-order valence-corrected chi connectivity index (χ1v) is 6.29. The van der Waals surface area contributed by atoms with Crippen LogP contribution in [0.1, 0.15) is 24.5 Å². The molecule has 1 unspecified atom stereocenters. The lowest BCUT2D eigenvalue weighted by Gasteiger charge is -2.15. The van der Waals surface area contributed by atoms with Crippen molar-refractivity contribution < 1.29 is 14.6 Å². The second-order valence-corrected chi connectivity index (χ2v) is 4.86. The summed E-state index contributed by atoms with van der Waals surface area (Å²) in [5, 5.41) is 13.3. The summed E-state index contributed by atoms with van der Waals surface area (Å²) in [7, 11) is 1.53. The van der Waals surface area contributed by atoms with Crippen molar-refractivity contribution in [3.8, 4) is 5.75 Å². The van der Waals surface area contributed by atoms with Crippen molar-refractivity contribution in [3.05, 3.63) is 28.8 Å². The third-order valence-electron chi connectivity index (χ3n) is 2.97. The number of hydrogen-bond acceptors (Lipinski definition) is 3. The fourth-order valence-corrected chi connectivity index (χ4v) is 1.94. The number of methoxy groups -OCH3 is 1. The van der Waals surface area contributed by atoms with Gasteiger partial charge in [-0.1, -0.05) is 11.6 Å². The van der Waals surface area contributed by atoms with Gasteiger partial charge in [-0.25, -0.2) is 0 Å². The Bertz CT molecular complexity index is 446. The average molecular weight is 270 g/mol. The van der Waals surface area contributed by atoms with Gasteiger partial charge < -0.3 is 15.2 Å². The number of halogens is 1. The summed E-state index contributed by atoms with van der Waals surface area (Å²) in [6.07, 6.45) is 1.08. The summed E-state index contributed by atoms with van der Waals surface area (Å²) in [6, 6.07) is 5.04. The maximum atomic E-state index is 11.5. The summed E-state index contributed by atoms with van der Waals surface area (Å²) in [6.45, 7) is 0.173. The molecule has 2 rings (SSSR count). The van der Waals surface area contributed by atoms with Gasteiger partial charge in [0.2, 0.25) is 5.91 Å². The third kappa shape index (κ3) is 3.15. The highest BCUT2D eigenvalue weighted by Gasteiger charge is 2.29. The van der Waals surface area contributed by atoms with Crippen LogP contribution in [0.15, 0.2) is 18.2 Å². The number of amides is 1. The van der Waals surface area contributed by atoms with Gasteiger partial charge >= 0.3 is 0 Å². The van der Waals surface area contributed by atoms with Crippen molar-refractivity contribution in [2.75, 3.05) is 13.7 Å². The van der Waals surface area contributed by atoms with E-state index in [-0.39, 0.29) is 18.4 Å². The second-order valence-electron chi connectivity index (χ2n) is 4.42. The van der Waals surface area contributed by atoms with Crippen LogP contribution in [0.5, 0.6) is 5.75 Å². The first-order chi connectivity index (χ1) is 8.61. The molecule has 5 heteroatoms. The molecule has 2 N–H and O–H groups in total. The molecule has 0 aliphatic heterocycles. The number of aliphatic hydroxyl groups is 1. The Morgan fingerprint density at radius 2 is 2.33 bits per heavy atom. The van der Waals surface area contributed by atoms with Crippen LogP contribution in [0.25, 0.3) is 0 Å². The Morgan fingerprint density at radius 1 is 1.61 bits per heavy atom. The number of hydrogen-bond donors (Lipinski definition) is 2. The molecule has 0 radical (unpaired) electrons. The number of carbonyl (C=O) groups excluding carboxylic acids is 1. The molecule has 1 saturated carbocycles. The molecule has 1 atom stereocenters. The molecule has 4 nitrogen and oxygen atoms in total. The number of nitrogens with one attached hydrogen (secondary N) is 1. The van der Waals surface area contributed by atoms with E-state index >= 15 is 0 Å². The third-order valence-corrected chi connectivity index (χ3v) is 3.20. The Balaban J connectivity index is 2.00. The van der Waals surface area contributed by atoms with E-state index in [1.54, 1.807) is 18.2 Å². The molecule has 0 bridgehead atoms. The Kier molecular flexibility index (Phi) is 4.09. The van der Waals surface area contributed by atoms with E-state index in [2.05, 4.69) is 5.32 Å². The number of benzene rings is 1. The van der Waals surface area contributed by atoms with Crippen molar-refractivity contribution in [2.45, 2.75) is 18.9 Å². The zero-order valence-electron chi connectivity index (χ0n) is 10.1. The van der Waals surface area contributed by atoms with Gasteiger partial charge in [0.1, 0.15) is 5.75 Å². The minimum absolute atomic E-state index is 0.00930. The first kappa shape index (κ1) is 13.2. The van der Waals surface area contributed by atoms with E-state index in [0.717, 1.165) is 12.8 Å². The summed E-state index contributed by atoms with van der Waals surface area (Å²) in [5.41, 5.74) is 0.584. The lowest BCUT2D eigenvalue weighted by molar-refractivity contribution is -0.122. The van der Waals surface area contributed by atoms with Crippen molar-refractivity contribution >= 4 is 17.5 Å². The molecule has 0 saturated heterocycles.